The SMILES string of the molecule is CCC1(COCOc2ccc(OC(=O)c3ccc(OCOCC4(CC)COC4)cc3)cc2)COC1. The number of esters is 1. The molecule has 190 valence electrons. The van der Waals surface area contributed by atoms with Crippen molar-refractivity contribution in [1.29, 1.82) is 0 Å². The molecular weight excluding hydrogens is 452 g/mol. The fraction of sp³-hybridized carbons (Fsp3) is 0.519. The first-order chi connectivity index (χ1) is 17.1. The minimum Gasteiger partial charge on any atom is -0.468 e. The van der Waals surface area contributed by atoms with Gasteiger partial charge in [0.1, 0.15) is 17.2 Å². The molecule has 0 aromatic heterocycles. The van der Waals surface area contributed by atoms with Gasteiger partial charge in [-0.1, -0.05) is 13.8 Å². The van der Waals surface area contributed by atoms with Crippen LogP contribution in [-0.4, -0.2) is 59.2 Å². The molecule has 0 unspecified atom stereocenters. The van der Waals surface area contributed by atoms with Gasteiger partial charge in [-0.3, -0.25) is 0 Å². The zero-order valence-corrected chi connectivity index (χ0v) is 20.5. The average molecular weight is 487 g/mol. The van der Waals surface area contributed by atoms with Gasteiger partial charge in [0.2, 0.25) is 0 Å². The summed E-state index contributed by atoms with van der Waals surface area (Å²) in [6.07, 6.45) is 2.04. The standard InChI is InChI=1S/C27H34O8/c1-3-26(13-29-14-26)17-31-19-33-22-7-5-21(6-8-22)25(28)35-24-11-9-23(10-12-24)34-20-32-18-27(4-2)15-30-16-27/h5-12H,3-4,13-20H2,1-2H3. The molecule has 2 aromatic carbocycles. The third kappa shape index (κ3) is 6.73. The van der Waals surface area contributed by atoms with E-state index in [-0.39, 0.29) is 24.4 Å². The highest BCUT2D eigenvalue weighted by atomic mass is 16.7. The van der Waals surface area contributed by atoms with E-state index in [1.54, 1.807) is 48.5 Å². The molecule has 2 aliphatic heterocycles. The summed E-state index contributed by atoms with van der Waals surface area (Å²) in [5.74, 6) is 1.24. The van der Waals surface area contributed by atoms with Gasteiger partial charge in [0.05, 0.1) is 45.2 Å². The Hall–Kier alpha value is -2.65. The molecule has 8 heteroatoms. The number of ether oxygens (including phenoxy) is 7. The van der Waals surface area contributed by atoms with E-state index in [9.17, 15) is 4.79 Å². The largest absolute Gasteiger partial charge is 0.468 e. The predicted molar refractivity (Wildman–Crippen MR) is 128 cm³/mol. The van der Waals surface area contributed by atoms with Gasteiger partial charge in [-0.2, -0.15) is 0 Å². The van der Waals surface area contributed by atoms with E-state index in [0.717, 1.165) is 39.3 Å². The van der Waals surface area contributed by atoms with Crippen LogP contribution < -0.4 is 14.2 Å². The van der Waals surface area contributed by atoms with Crippen LogP contribution in [0.25, 0.3) is 0 Å². The van der Waals surface area contributed by atoms with Crippen molar-refractivity contribution in [3.63, 3.8) is 0 Å². The van der Waals surface area contributed by atoms with Crippen LogP contribution >= 0.6 is 0 Å². The molecule has 35 heavy (non-hydrogen) atoms. The van der Waals surface area contributed by atoms with E-state index in [1.807, 2.05) is 0 Å². The molecule has 2 aliphatic rings. The van der Waals surface area contributed by atoms with Gasteiger partial charge in [-0.25, -0.2) is 4.79 Å². The molecule has 0 radical (unpaired) electrons. The van der Waals surface area contributed by atoms with E-state index < -0.39 is 5.97 Å². The number of hydrogen-bond acceptors (Lipinski definition) is 8. The second-order valence-corrected chi connectivity index (χ2v) is 9.30. The minimum atomic E-state index is -0.452. The third-order valence-electron chi connectivity index (χ3n) is 6.69. The van der Waals surface area contributed by atoms with Crippen LogP contribution in [0.3, 0.4) is 0 Å². The van der Waals surface area contributed by atoms with Crippen molar-refractivity contribution in [3.8, 4) is 17.2 Å². The van der Waals surface area contributed by atoms with Gasteiger partial charge < -0.3 is 33.2 Å². The number of benzene rings is 2. The van der Waals surface area contributed by atoms with Gasteiger partial charge in [-0.15, -0.1) is 0 Å². The number of hydrogen-bond donors (Lipinski definition) is 0. The quantitative estimate of drug-likeness (QED) is 0.168. The molecule has 2 saturated heterocycles. The lowest BCUT2D eigenvalue weighted by Gasteiger charge is -2.40. The molecule has 0 N–H and O–H groups in total. The lowest BCUT2D eigenvalue weighted by atomic mass is 9.84. The van der Waals surface area contributed by atoms with Crippen LogP contribution in [0, 0.1) is 10.8 Å². The van der Waals surface area contributed by atoms with Crippen LogP contribution in [0.1, 0.15) is 37.0 Å². The van der Waals surface area contributed by atoms with Crippen LogP contribution in [0.5, 0.6) is 17.2 Å². The van der Waals surface area contributed by atoms with Gasteiger partial charge >= 0.3 is 5.97 Å². The van der Waals surface area contributed by atoms with Gasteiger partial charge in [0.25, 0.3) is 0 Å². The number of carbonyl (C=O) groups is 1. The van der Waals surface area contributed by atoms with Crippen molar-refractivity contribution < 1.29 is 38.0 Å². The molecule has 2 aromatic rings. The van der Waals surface area contributed by atoms with Crippen LogP contribution in [-0.2, 0) is 18.9 Å². The third-order valence-corrected chi connectivity index (χ3v) is 6.69. The summed E-state index contributed by atoms with van der Waals surface area (Å²) in [4.78, 5) is 12.5. The van der Waals surface area contributed by atoms with Crippen molar-refractivity contribution in [2.75, 3.05) is 53.2 Å². The number of rotatable bonds is 14. The fourth-order valence-electron chi connectivity index (χ4n) is 3.75. The zero-order valence-electron chi connectivity index (χ0n) is 20.5. The Bertz CT molecular complexity index is 922. The van der Waals surface area contributed by atoms with Crippen molar-refractivity contribution in [3.05, 3.63) is 54.1 Å². The maximum absolute atomic E-state index is 12.5. The average Bonchev–Trinajstić information content (AvgIpc) is 2.83. The van der Waals surface area contributed by atoms with Gasteiger partial charge in [0.15, 0.2) is 13.6 Å². The molecule has 4 rings (SSSR count). The first-order valence-electron chi connectivity index (χ1n) is 12.0. The summed E-state index contributed by atoms with van der Waals surface area (Å²) in [6, 6.07) is 13.6. The fourth-order valence-corrected chi connectivity index (χ4v) is 3.75. The monoisotopic (exact) mass is 486 g/mol. The van der Waals surface area contributed by atoms with Crippen molar-refractivity contribution >= 4 is 5.97 Å². The Labute approximate surface area is 206 Å². The van der Waals surface area contributed by atoms with E-state index in [4.69, 9.17) is 33.2 Å². The first-order valence-corrected chi connectivity index (χ1v) is 12.0. The van der Waals surface area contributed by atoms with Gasteiger partial charge in [-0.05, 0) is 61.4 Å². The highest BCUT2D eigenvalue weighted by Gasteiger charge is 2.37. The Balaban J connectivity index is 1.15. The summed E-state index contributed by atoms with van der Waals surface area (Å²) in [5, 5.41) is 0. The Morgan fingerprint density at radius 1 is 0.714 bits per heavy atom. The summed E-state index contributed by atoms with van der Waals surface area (Å²) >= 11 is 0. The number of carbonyl (C=O) groups excluding carboxylic acids is 1. The molecule has 2 heterocycles. The normalized spacial score (nSPS) is 17.7. The lowest BCUT2D eigenvalue weighted by molar-refractivity contribution is -0.162. The highest BCUT2D eigenvalue weighted by molar-refractivity contribution is 5.91. The van der Waals surface area contributed by atoms with Gasteiger partial charge in [0, 0.05) is 10.8 Å². The first kappa shape index (κ1) is 25.4. The summed E-state index contributed by atoms with van der Waals surface area (Å²) in [6.45, 7) is 8.77. The van der Waals surface area contributed by atoms with E-state index in [2.05, 4.69) is 13.8 Å². The molecule has 2 fully saturated rings. The van der Waals surface area contributed by atoms with Crippen LogP contribution in [0.4, 0.5) is 0 Å². The highest BCUT2D eigenvalue weighted by Crippen LogP contribution is 2.32. The Morgan fingerprint density at radius 2 is 1.14 bits per heavy atom. The van der Waals surface area contributed by atoms with Crippen molar-refractivity contribution in [1.82, 2.24) is 0 Å². The summed E-state index contributed by atoms with van der Waals surface area (Å²) in [7, 11) is 0. The van der Waals surface area contributed by atoms with E-state index >= 15 is 0 Å². The van der Waals surface area contributed by atoms with Crippen LogP contribution in [0.15, 0.2) is 48.5 Å². The Morgan fingerprint density at radius 3 is 1.54 bits per heavy atom. The molecule has 0 bridgehead atoms. The second-order valence-electron chi connectivity index (χ2n) is 9.30. The molecule has 0 aliphatic carbocycles. The molecule has 0 spiro atoms. The van der Waals surface area contributed by atoms with E-state index in [0.29, 0.717) is 36.0 Å². The predicted octanol–water partition coefficient (Wildman–Crippen LogP) is 4.46. The van der Waals surface area contributed by atoms with E-state index in [1.165, 1.54) is 0 Å². The second kappa shape index (κ2) is 11.9. The molecule has 0 atom stereocenters. The topological polar surface area (TPSA) is 81.7 Å². The molecular formula is C27H34O8. The zero-order chi connectivity index (χ0) is 24.6. The Kier molecular flexibility index (Phi) is 8.62. The molecule has 8 nitrogen and oxygen atoms in total. The summed E-state index contributed by atoms with van der Waals surface area (Å²) < 4.78 is 38.5. The maximum Gasteiger partial charge on any atom is 0.343 e. The van der Waals surface area contributed by atoms with Crippen molar-refractivity contribution in [2.24, 2.45) is 10.8 Å². The summed E-state index contributed by atoms with van der Waals surface area (Å²) in [5.41, 5.74) is 0.676. The lowest BCUT2D eigenvalue weighted by Crippen LogP contribution is -2.45. The minimum absolute atomic E-state index is 0.124. The maximum atomic E-state index is 12.5. The van der Waals surface area contributed by atoms with Crippen molar-refractivity contribution in [2.45, 2.75) is 26.7 Å². The smallest absolute Gasteiger partial charge is 0.343 e. The molecule has 0 amide bonds. The van der Waals surface area contributed by atoms with Crippen LogP contribution in [0.2, 0.25) is 0 Å². The molecule has 0 saturated carbocycles.